The van der Waals surface area contributed by atoms with Crippen LogP contribution in [0.5, 0.6) is 0 Å². The molecule has 0 spiro atoms. The second-order valence-corrected chi connectivity index (χ2v) is 10.7. The molecule has 0 radical (unpaired) electrons. The van der Waals surface area contributed by atoms with Crippen LogP contribution in [0.4, 0.5) is 0 Å². The SMILES string of the molecule is C=C(CO)C(=O)OCC(COC)C1CCC(c2ccc(-c3ccc(CCCCC)cc3)cc2)CC1CC. The number of aryl methyl sites for hydroxylation is 1. The number of benzene rings is 2. The molecule has 1 aliphatic carbocycles. The molecule has 0 aliphatic heterocycles. The van der Waals surface area contributed by atoms with Crippen molar-refractivity contribution >= 4 is 5.97 Å². The summed E-state index contributed by atoms with van der Waals surface area (Å²) in [6, 6.07) is 18.2. The minimum Gasteiger partial charge on any atom is -0.462 e. The number of unbranched alkanes of at least 4 members (excludes halogenated alkanes) is 2. The highest BCUT2D eigenvalue weighted by atomic mass is 16.5. The number of esters is 1. The van der Waals surface area contributed by atoms with E-state index in [2.05, 4.69) is 69.0 Å². The minimum atomic E-state index is -0.517. The van der Waals surface area contributed by atoms with Gasteiger partial charge in [-0.25, -0.2) is 4.79 Å². The molecule has 4 nitrogen and oxygen atoms in total. The fourth-order valence-electron chi connectivity index (χ4n) is 5.93. The molecule has 3 rings (SSSR count). The van der Waals surface area contributed by atoms with Crippen molar-refractivity contribution in [3.05, 3.63) is 71.8 Å². The van der Waals surface area contributed by atoms with Gasteiger partial charge in [0.1, 0.15) is 0 Å². The van der Waals surface area contributed by atoms with Crippen LogP contribution in [0.2, 0.25) is 0 Å². The first-order chi connectivity index (χ1) is 18.0. The van der Waals surface area contributed by atoms with Gasteiger partial charge in [0.15, 0.2) is 0 Å². The summed E-state index contributed by atoms with van der Waals surface area (Å²) in [6.07, 6.45) is 9.46. The summed E-state index contributed by atoms with van der Waals surface area (Å²) < 4.78 is 11.0. The van der Waals surface area contributed by atoms with Crippen molar-refractivity contribution in [2.75, 3.05) is 26.9 Å². The van der Waals surface area contributed by atoms with Crippen molar-refractivity contribution in [2.24, 2.45) is 17.8 Å². The van der Waals surface area contributed by atoms with Gasteiger partial charge in [0.2, 0.25) is 0 Å². The number of ether oxygens (including phenoxy) is 2. The molecule has 1 fully saturated rings. The standard InChI is InChI=1S/C33H46O4/c1-5-7-8-9-25-10-12-27(13-11-25)28-14-16-29(17-15-28)30-18-19-32(26(6-2)20-30)31(22-36-4)23-37-33(35)24(3)21-34/h10-17,26,30-32,34H,3,5-9,18-23H2,1-2,4H3. The van der Waals surface area contributed by atoms with Crippen LogP contribution in [0, 0.1) is 17.8 Å². The average Bonchev–Trinajstić information content (AvgIpc) is 2.95. The molecule has 1 aliphatic rings. The molecule has 202 valence electrons. The van der Waals surface area contributed by atoms with Gasteiger partial charge in [-0.05, 0) is 72.1 Å². The van der Waals surface area contributed by atoms with Gasteiger partial charge in [0.25, 0.3) is 0 Å². The number of aliphatic hydroxyl groups excluding tert-OH is 1. The molecule has 4 unspecified atom stereocenters. The number of carbonyl (C=O) groups is 1. The summed E-state index contributed by atoms with van der Waals surface area (Å²) in [5, 5.41) is 9.14. The van der Waals surface area contributed by atoms with Crippen molar-refractivity contribution in [2.45, 2.75) is 71.1 Å². The summed E-state index contributed by atoms with van der Waals surface area (Å²) >= 11 is 0. The second-order valence-electron chi connectivity index (χ2n) is 10.7. The molecule has 4 heteroatoms. The molecular weight excluding hydrogens is 460 g/mol. The van der Waals surface area contributed by atoms with Crippen LogP contribution in [-0.2, 0) is 20.7 Å². The lowest BCUT2D eigenvalue weighted by Gasteiger charge is -2.40. The van der Waals surface area contributed by atoms with Crippen LogP contribution < -0.4 is 0 Å². The zero-order valence-electron chi connectivity index (χ0n) is 23.1. The Labute approximate surface area is 224 Å². The summed E-state index contributed by atoms with van der Waals surface area (Å²) in [4.78, 5) is 12.0. The van der Waals surface area contributed by atoms with E-state index < -0.39 is 5.97 Å². The van der Waals surface area contributed by atoms with Crippen molar-refractivity contribution in [3.8, 4) is 11.1 Å². The second kappa shape index (κ2) is 15.1. The van der Waals surface area contributed by atoms with Crippen LogP contribution in [0.3, 0.4) is 0 Å². The Balaban J connectivity index is 1.61. The molecule has 4 atom stereocenters. The van der Waals surface area contributed by atoms with E-state index in [1.807, 2.05) is 0 Å². The van der Waals surface area contributed by atoms with Gasteiger partial charge >= 0.3 is 5.97 Å². The third-order valence-electron chi connectivity index (χ3n) is 8.20. The normalized spacial score (nSPS) is 20.4. The lowest BCUT2D eigenvalue weighted by Crippen LogP contribution is -2.35. The first kappa shape index (κ1) is 29.1. The third-order valence-corrected chi connectivity index (χ3v) is 8.20. The summed E-state index contributed by atoms with van der Waals surface area (Å²) in [5.74, 6) is 1.19. The Morgan fingerprint density at radius 2 is 1.68 bits per heavy atom. The van der Waals surface area contributed by atoms with Crippen LogP contribution in [0.15, 0.2) is 60.7 Å². The highest BCUT2D eigenvalue weighted by Crippen LogP contribution is 2.44. The van der Waals surface area contributed by atoms with Gasteiger partial charge in [-0.3, -0.25) is 0 Å². The van der Waals surface area contributed by atoms with Gasteiger partial charge in [-0.15, -0.1) is 0 Å². The van der Waals surface area contributed by atoms with Crippen LogP contribution in [-0.4, -0.2) is 38.0 Å². The number of carbonyl (C=O) groups excluding carboxylic acids is 1. The lowest BCUT2D eigenvalue weighted by molar-refractivity contribution is -0.142. The molecule has 1 N–H and O–H groups in total. The predicted octanol–water partition coefficient (Wildman–Crippen LogP) is 7.35. The van der Waals surface area contributed by atoms with Crippen molar-refractivity contribution in [1.29, 1.82) is 0 Å². The van der Waals surface area contributed by atoms with E-state index in [4.69, 9.17) is 14.6 Å². The molecule has 37 heavy (non-hydrogen) atoms. The van der Waals surface area contributed by atoms with Crippen molar-refractivity contribution in [1.82, 2.24) is 0 Å². The van der Waals surface area contributed by atoms with Gasteiger partial charge in [0.05, 0.1) is 25.4 Å². The fraction of sp³-hybridized carbons (Fsp3) is 0.545. The predicted molar refractivity (Wildman–Crippen MR) is 152 cm³/mol. The lowest BCUT2D eigenvalue weighted by atomic mass is 9.66. The van der Waals surface area contributed by atoms with E-state index in [0.29, 0.717) is 31.0 Å². The van der Waals surface area contributed by atoms with E-state index in [1.54, 1.807) is 7.11 Å². The maximum absolute atomic E-state index is 12.0. The Hall–Kier alpha value is -2.43. The van der Waals surface area contributed by atoms with Crippen LogP contribution in [0.1, 0.15) is 75.8 Å². The van der Waals surface area contributed by atoms with Gasteiger partial charge in [-0.1, -0.05) is 88.2 Å². The maximum atomic E-state index is 12.0. The number of methoxy groups -OCH3 is 1. The Bertz CT molecular complexity index is 963. The quantitative estimate of drug-likeness (QED) is 0.165. The fourth-order valence-corrected chi connectivity index (χ4v) is 5.93. The number of rotatable bonds is 14. The van der Waals surface area contributed by atoms with Crippen molar-refractivity contribution in [3.63, 3.8) is 0 Å². The number of hydrogen-bond acceptors (Lipinski definition) is 4. The van der Waals surface area contributed by atoms with Crippen LogP contribution in [0.25, 0.3) is 11.1 Å². The molecule has 0 saturated heterocycles. The zero-order chi connectivity index (χ0) is 26.6. The van der Waals surface area contributed by atoms with E-state index >= 15 is 0 Å². The van der Waals surface area contributed by atoms with Crippen molar-refractivity contribution < 1.29 is 19.4 Å². The smallest absolute Gasteiger partial charge is 0.335 e. The molecule has 0 aromatic heterocycles. The average molecular weight is 507 g/mol. The molecule has 2 aromatic rings. The third kappa shape index (κ3) is 8.28. The van der Waals surface area contributed by atoms with Gasteiger partial charge in [0, 0.05) is 13.0 Å². The zero-order valence-corrected chi connectivity index (χ0v) is 23.1. The highest BCUT2D eigenvalue weighted by Gasteiger charge is 2.35. The Morgan fingerprint density at radius 1 is 1.00 bits per heavy atom. The molecule has 0 heterocycles. The number of aliphatic hydroxyl groups is 1. The molecule has 0 bridgehead atoms. The number of hydrogen-bond donors (Lipinski definition) is 1. The maximum Gasteiger partial charge on any atom is 0.335 e. The van der Waals surface area contributed by atoms with E-state index in [-0.39, 0.29) is 18.1 Å². The first-order valence-electron chi connectivity index (χ1n) is 14.1. The van der Waals surface area contributed by atoms with Crippen LogP contribution >= 0.6 is 0 Å². The summed E-state index contributed by atoms with van der Waals surface area (Å²) in [5.41, 5.74) is 5.50. The van der Waals surface area contributed by atoms with Gasteiger partial charge in [-0.2, -0.15) is 0 Å². The summed E-state index contributed by atoms with van der Waals surface area (Å²) in [6.45, 7) is 8.58. The highest BCUT2D eigenvalue weighted by molar-refractivity contribution is 5.87. The monoisotopic (exact) mass is 506 g/mol. The Kier molecular flexibility index (Phi) is 11.9. The topological polar surface area (TPSA) is 55.8 Å². The Morgan fingerprint density at radius 3 is 2.27 bits per heavy atom. The molecule has 1 saturated carbocycles. The van der Waals surface area contributed by atoms with E-state index in [9.17, 15) is 4.79 Å². The molecular formula is C33H46O4. The molecule has 0 amide bonds. The molecule has 2 aromatic carbocycles. The summed E-state index contributed by atoms with van der Waals surface area (Å²) in [7, 11) is 1.70. The van der Waals surface area contributed by atoms with E-state index in [0.717, 1.165) is 25.7 Å². The van der Waals surface area contributed by atoms with Gasteiger partial charge < -0.3 is 14.6 Å². The first-order valence-corrected chi connectivity index (χ1v) is 14.1. The van der Waals surface area contributed by atoms with E-state index in [1.165, 1.54) is 47.9 Å². The largest absolute Gasteiger partial charge is 0.462 e. The minimum absolute atomic E-state index is 0.0956.